The summed E-state index contributed by atoms with van der Waals surface area (Å²) in [5, 5.41) is 9.69. The summed E-state index contributed by atoms with van der Waals surface area (Å²) in [5.74, 6) is 4.01. The summed E-state index contributed by atoms with van der Waals surface area (Å²) in [6.07, 6.45) is 2.76. The van der Waals surface area contributed by atoms with E-state index in [0.717, 1.165) is 22.6 Å². The Morgan fingerprint density at radius 1 is 1.09 bits per heavy atom. The third-order valence-corrected chi connectivity index (χ3v) is 5.33. The van der Waals surface area contributed by atoms with Crippen molar-refractivity contribution < 1.29 is 8.83 Å². The molecule has 0 saturated carbocycles. The number of aryl methyl sites for hydroxylation is 2. The SMILES string of the molecule is Cc1cc(CN(CC2N=C(NCc3ccoc3C)NC(N(C)C)=N2)C2=NC(C)N=C(N)N2)co1. The summed E-state index contributed by atoms with van der Waals surface area (Å²) in [6.45, 7) is 7.34. The van der Waals surface area contributed by atoms with Crippen molar-refractivity contribution in [1.29, 1.82) is 0 Å². The van der Waals surface area contributed by atoms with Crippen LogP contribution in [-0.4, -0.2) is 66.6 Å². The summed E-state index contributed by atoms with van der Waals surface area (Å²) >= 11 is 0. The Hall–Kier alpha value is -3.96. The van der Waals surface area contributed by atoms with E-state index in [1.165, 1.54) is 0 Å². The van der Waals surface area contributed by atoms with E-state index in [1.807, 2.05) is 51.9 Å². The van der Waals surface area contributed by atoms with Crippen LogP contribution in [0.1, 0.15) is 29.6 Å². The van der Waals surface area contributed by atoms with Crippen LogP contribution >= 0.6 is 0 Å². The first-order chi connectivity index (χ1) is 16.3. The predicted octanol–water partition coefficient (Wildman–Crippen LogP) is 0.904. The second kappa shape index (κ2) is 9.89. The Bertz CT molecular complexity index is 1130. The summed E-state index contributed by atoms with van der Waals surface area (Å²) in [5.41, 5.74) is 8.07. The lowest BCUT2D eigenvalue weighted by Crippen LogP contribution is -2.53. The summed E-state index contributed by atoms with van der Waals surface area (Å²) in [4.78, 5) is 22.4. The molecule has 34 heavy (non-hydrogen) atoms. The number of furan rings is 2. The highest BCUT2D eigenvalue weighted by atomic mass is 16.3. The van der Waals surface area contributed by atoms with E-state index in [2.05, 4.69) is 30.8 Å². The van der Waals surface area contributed by atoms with Gasteiger partial charge in [0.15, 0.2) is 12.1 Å². The van der Waals surface area contributed by atoms with Crippen molar-refractivity contribution in [1.82, 2.24) is 25.8 Å². The van der Waals surface area contributed by atoms with E-state index in [9.17, 15) is 0 Å². The molecule has 0 aliphatic carbocycles. The minimum atomic E-state index is -0.389. The van der Waals surface area contributed by atoms with Crippen LogP contribution in [0.15, 0.2) is 53.5 Å². The van der Waals surface area contributed by atoms with Crippen LogP contribution in [0.2, 0.25) is 0 Å². The second-order valence-electron chi connectivity index (χ2n) is 8.46. The smallest absolute Gasteiger partial charge is 0.203 e. The molecule has 2 aromatic rings. The van der Waals surface area contributed by atoms with Crippen LogP contribution in [0, 0.1) is 13.8 Å². The maximum Gasteiger partial charge on any atom is 0.203 e. The summed E-state index contributed by atoms with van der Waals surface area (Å²) in [6, 6.07) is 3.94. The van der Waals surface area contributed by atoms with Gasteiger partial charge in [0.25, 0.3) is 0 Å². The van der Waals surface area contributed by atoms with E-state index in [1.54, 1.807) is 12.5 Å². The number of hydrogen-bond acceptors (Lipinski definition) is 12. The maximum absolute atomic E-state index is 5.99. The molecule has 2 unspecified atom stereocenters. The van der Waals surface area contributed by atoms with Gasteiger partial charge in [-0.1, -0.05) is 0 Å². The molecule has 2 atom stereocenters. The lowest BCUT2D eigenvalue weighted by Gasteiger charge is -2.32. The zero-order valence-corrected chi connectivity index (χ0v) is 20.2. The molecule has 2 aromatic heterocycles. The molecule has 0 spiro atoms. The quantitative estimate of drug-likeness (QED) is 0.490. The summed E-state index contributed by atoms with van der Waals surface area (Å²) < 4.78 is 10.9. The fourth-order valence-corrected chi connectivity index (χ4v) is 3.63. The Balaban J connectivity index is 1.56. The first kappa shape index (κ1) is 23.2. The topological polar surface area (TPSA) is 144 Å². The van der Waals surface area contributed by atoms with Gasteiger partial charge in [0, 0.05) is 38.3 Å². The van der Waals surface area contributed by atoms with Gasteiger partial charge in [-0.3, -0.25) is 10.6 Å². The Labute approximate surface area is 198 Å². The van der Waals surface area contributed by atoms with Crippen molar-refractivity contribution in [2.45, 2.75) is 46.2 Å². The number of guanidine groups is 4. The van der Waals surface area contributed by atoms with E-state index in [-0.39, 0.29) is 12.3 Å². The average Bonchev–Trinajstić information content (AvgIpc) is 3.38. The molecule has 0 amide bonds. The minimum absolute atomic E-state index is 0.280. The summed E-state index contributed by atoms with van der Waals surface area (Å²) in [7, 11) is 3.87. The number of nitrogens with two attached hydrogens (primary N) is 1. The van der Waals surface area contributed by atoms with Crippen molar-refractivity contribution in [3.05, 3.63) is 47.3 Å². The van der Waals surface area contributed by atoms with Crippen molar-refractivity contribution >= 4 is 23.8 Å². The average molecular weight is 469 g/mol. The lowest BCUT2D eigenvalue weighted by atomic mass is 10.2. The molecule has 12 heteroatoms. The van der Waals surface area contributed by atoms with Crippen LogP contribution in [0.5, 0.6) is 0 Å². The molecule has 5 N–H and O–H groups in total. The van der Waals surface area contributed by atoms with Crippen LogP contribution in [0.4, 0.5) is 0 Å². The van der Waals surface area contributed by atoms with Crippen molar-refractivity contribution in [3.63, 3.8) is 0 Å². The van der Waals surface area contributed by atoms with Crippen LogP contribution in [0.25, 0.3) is 0 Å². The van der Waals surface area contributed by atoms with Crippen molar-refractivity contribution in [2.24, 2.45) is 25.7 Å². The molecule has 2 aliphatic rings. The largest absolute Gasteiger partial charge is 0.469 e. The molecular weight excluding hydrogens is 436 g/mol. The molecule has 4 rings (SSSR count). The molecule has 2 aliphatic heterocycles. The van der Waals surface area contributed by atoms with Gasteiger partial charge < -0.3 is 29.7 Å². The Morgan fingerprint density at radius 3 is 2.56 bits per heavy atom. The molecule has 182 valence electrons. The van der Waals surface area contributed by atoms with Gasteiger partial charge >= 0.3 is 0 Å². The van der Waals surface area contributed by atoms with E-state index >= 15 is 0 Å². The molecule has 0 aromatic carbocycles. The number of nitrogens with one attached hydrogen (secondary N) is 3. The van der Waals surface area contributed by atoms with Gasteiger partial charge in [0.2, 0.25) is 17.9 Å². The van der Waals surface area contributed by atoms with Crippen LogP contribution in [-0.2, 0) is 13.1 Å². The molecule has 0 radical (unpaired) electrons. The normalized spacial score (nSPS) is 19.8. The fraction of sp³-hybridized carbons (Fsp3) is 0.455. The van der Waals surface area contributed by atoms with Gasteiger partial charge in [0.1, 0.15) is 17.7 Å². The lowest BCUT2D eigenvalue weighted by molar-refractivity contribution is 0.364. The zero-order valence-electron chi connectivity index (χ0n) is 20.2. The zero-order chi connectivity index (χ0) is 24.2. The van der Waals surface area contributed by atoms with E-state index in [4.69, 9.17) is 24.6 Å². The first-order valence-corrected chi connectivity index (χ1v) is 11.1. The molecule has 12 nitrogen and oxygen atoms in total. The number of rotatable bonds is 6. The van der Waals surface area contributed by atoms with Crippen LogP contribution in [0.3, 0.4) is 0 Å². The third-order valence-electron chi connectivity index (χ3n) is 5.33. The van der Waals surface area contributed by atoms with Crippen LogP contribution < -0.4 is 21.7 Å². The second-order valence-corrected chi connectivity index (χ2v) is 8.46. The van der Waals surface area contributed by atoms with Gasteiger partial charge in [-0.25, -0.2) is 20.0 Å². The van der Waals surface area contributed by atoms with Crippen molar-refractivity contribution in [3.8, 4) is 0 Å². The Morgan fingerprint density at radius 2 is 1.91 bits per heavy atom. The van der Waals surface area contributed by atoms with Gasteiger partial charge in [-0.15, -0.1) is 0 Å². The maximum atomic E-state index is 5.99. The number of hydrogen-bond donors (Lipinski definition) is 4. The standard InChI is InChI=1S/C22H32N10O2/c1-13-8-16(12-34-13)10-32(22-26-15(3)25-19(23)29-22)11-18-27-20(30-21(28-18)31(4)5)24-9-17-6-7-33-14(17)2/h6-8,12,15,18H,9-11H2,1-5H3,(H3,23,25,26,29)(H2,24,27,28,30). The van der Waals surface area contributed by atoms with E-state index in [0.29, 0.717) is 43.5 Å². The third kappa shape index (κ3) is 5.69. The fourth-order valence-electron chi connectivity index (χ4n) is 3.63. The molecule has 4 heterocycles. The first-order valence-electron chi connectivity index (χ1n) is 11.1. The number of aliphatic imine (C=N–C) groups is 4. The molecule has 0 bridgehead atoms. The molecule has 0 fully saturated rings. The molecule has 0 saturated heterocycles. The predicted molar refractivity (Wildman–Crippen MR) is 131 cm³/mol. The highest BCUT2D eigenvalue weighted by molar-refractivity contribution is 6.00. The highest BCUT2D eigenvalue weighted by Crippen LogP contribution is 2.14. The van der Waals surface area contributed by atoms with Crippen molar-refractivity contribution in [2.75, 3.05) is 20.6 Å². The van der Waals surface area contributed by atoms with Gasteiger partial charge in [-0.2, -0.15) is 0 Å². The number of nitrogens with zero attached hydrogens (tertiary/aromatic N) is 6. The molecular formula is C22H32N10O2. The van der Waals surface area contributed by atoms with Gasteiger partial charge in [-0.05, 0) is 32.9 Å². The Kier molecular flexibility index (Phi) is 6.75. The van der Waals surface area contributed by atoms with Gasteiger partial charge in [0.05, 0.1) is 19.1 Å². The minimum Gasteiger partial charge on any atom is -0.469 e. The highest BCUT2D eigenvalue weighted by Gasteiger charge is 2.25. The monoisotopic (exact) mass is 468 g/mol. The van der Waals surface area contributed by atoms with E-state index < -0.39 is 0 Å².